The molecule has 0 heterocycles. The molecule has 0 aliphatic rings. The molecule has 14 heavy (non-hydrogen) atoms. The van der Waals surface area contributed by atoms with Crippen molar-refractivity contribution in [3.05, 3.63) is 34.9 Å². The second-order valence-electron chi connectivity index (χ2n) is 2.57. The standard InChI is InChI=1S/C9H6Cl4O/c10-8(11)6-3-1-2-5(4-14)7(6)9(12)13/h1-4,8-9H. The van der Waals surface area contributed by atoms with Crippen LogP contribution in [0.2, 0.25) is 0 Å². The third kappa shape index (κ3) is 2.54. The van der Waals surface area contributed by atoms with Crippen LogP contribution < -0.4 is 0 Å². The second kappa shape index (κ2) is 5.22. The number of benzene rings is 1. The summed E-state index contributed by atoms with van der Waals surface area (Å²) in [6, 6.07) is 4.97. The lowest BCUT2D eigenvalue weighted by molar-refractivity contribution is 0.112. The molecule has 1 aromatic rings. The number of carbonyl (C=O) groups is 1. The van der Waals surface area contributed by atoms with E-state index in [-0.39, 0.29) is 0 Å². The molecular weight excluding hydrogens is 266 g/mol. The van der Waals surface area contributed by atoms with Gasteiger partial charge in [0.2, 0.25) is 0 Å². The zero-order valence-electron chi connectivity index (χ0n) is 6.88. The van der Waals surface area contributed by atoms with E-state index in [1.807, 2.05) is 0 Å². The maximum atomic E-state index is 10.7. The Morgan fingerprint density at radius 2 is 1.71 bits per heavy atom. The van der Waals surface area contributed by atoms with E-state index in [0.29, 0.717) is 23.0 Å². The first-order chi connectivity index (χ1) is 6.57. The summed E-state index contributed by atoms with van der Waals surface area (Å²) in [4.78, 5) is 9.14. The zero-order chi connectivity index (χ0) is 10.7. The number of hydrogen-bond acceptors (Lipinski definition) is 1. The van der Waals surface area contributed by atoms with E-state index in [2.05, 4.69) is 0 Å². The Morgan fingerprint density at radius 1 is 1.07 bits per heavy atom. The van der Waals surface area contributed by atoms with Gasteiger partial charge in [0.15, 0.2) is 0 Å². The predicted molar refractivity (Wildman–Crippen MR) is 60.7 cm³/mol. The SMILES string of the molecule is O=Cc1cccc(C(Cl)Cl)c1C(Cl)Cl. The molecule has 0 fully saturated rings. The van der Waals surface area contributed by atoms with Gasteiger partial charge in [0.1, 0.15) is 16.0 Å². The van der Waals surface area contributed by atoms with Crippen molar-refractivity contribution in [3.8, 4) is 0 Å². The molecule has 0 atom stereocenters. The third-order valence-corrected chi connectivity index (χ3v) is 2.66. The Hall–Kier alpha value is 0.0500. The van der Waals surface area contributed by atoms with E-state index in [0.717, 1.165) is 0 Å². The van der Waals surface area contributed by atoms with Gasteiger partial charge >= 0.3 is 0 Å². The Bertz CT molecular complexity index is 336. The highest BCUT2D eigenvalue weighted by Gasteiger charge is 2.18. The molecule has 0 saturated carbocycles. The molecule has 0 spiro atoms. The van der Waals surface area contributed by atoms with E-state index in [9.17, 15) is 4.79 Å². The van der Waals surface area contributed by atoms with Crippen molar-refractivity contribution in [2.75, 3.05) is 0 Å². The molecular formula is C9H6Cl4O. The number of rotatable bonds is 3. The molecule has 0 radical (unpaired) electrons. The largest absolute Gasteiger partial charge is 0.298 e. The van der Waals surface area contributed by atoms with Crippen molar-refractivity contribution in [2.45, 2.75) is 9.67 Å². The fourth-order valence-corrected chi connectivity index (χ4v) is 2.03. The van der Waals surface area contributed by atoms with Crippen LogP contribution in [0.3, 0.4) is 0 Å². The van der Waals surface area contributed by atoms with Crippen LogP contribution in [0.4, 0.5) is 0 Å². The van der Waals surface area contributed by atoms with E-state index in [1.54, 1.807) is 18.2 Å². The maximum Gasteiger partial charge on any atom is 0.150 e. The minimum Gasteiger partial charge on any atom is -0.298 e. The van der Waals surface area contributed by atoms with Gasteiger partial charge in [-0.05, 0) is 5.56 Å². The van der Waals surface area contributed by atoms with Crippen molar-refractivity contribution in [1.29, 1.82) is 0 Å². The normalized spacial score (nSPS) is 11.0. The number of carbonyl (C=O) groups excluding carboxylic acids is 1. The lowest BCUT2D eigenvalue weighted by Crippen LogP contribution is -1.98. The van der Waals surface area contributed by atoms with Crippen LogP contribution in [-0.2, 0) is 0 Å². The summed E-state index contributed by atoms with van der Waals surface area (Å²) in [6.45, 7) is 0. The van der Waals surface area contributed by atoms with Gasteiger partial charge in [-0.25, -0.2) is 0 Å². The fraction of sp³-hybridized carbons (Fsp3) is 0.222. The smallest absolute Gasteiger partial charge is 0.150 e. The molecule has 1 nitrogen and oxygen atoms in total. The van der Waals surface area contributed by atoms with Crippen molar-refractivity contribution < 1.29 is 4.79 Å². The molecule has 0 N–H and O–H groups in total. The summed E-state index contributed by atoms with van der Waals surface area (Å²) in [5, 5.41) is 0. The predicted octanol–water partition coefficient (Wildman–Crippen LogP) is 4.45. The topological polar surface area (TPSA) is 17.1 Å². The van der Waals surface area contributed by atoms with Gasteiger partial charge in [-0.3, -0.25) is 4.79 Å². The number of hydrogen-bond donors (Lipinski definition) is 0. The Kier molecular flexibility index (Phi) is 4.52. The molecule has 1 aromatic carbocycles. The van der Waals surface area contributed by atoms with Crippen molar-refractivity contribution >= 4 is 52.7 Å². The molecule has 1 rings (SSSR count). The summed E-state index contributed by atoms with van der Waals surface area (Å²) in [6.07, 6.45) is 0.673. The van der Waals surface area contributed by atoms with Gasteiger partial charge in [0.05, 0.1) is 0 Å². The molecule has 0 aliphatic heterocycles. The molecule has 0 aromatic heterocycles. The lowest BCUT2D eigenvalue weighted by atomic mass is 10.0. The van der Waals surface area contributed by atoms with Gasteiger partial charge < -0.3 is 0 Å². The molecule has 0 amide bonds. The number of halogens is 4. The fourth-order valence-electron chi connectivity index (χ4n) is 1.15. The zero-order valence-corrected chi connectivity index (χ0v) is 9.91. The molecule has 0 aliphatic carbocycles. The Labute approximate surface area is 102 Å². The van der Waals surface area contributed by atoms with Crippen LogP contribution in [0.5, 0.6) is 0 Å². The summed E-state index contributed by atoms with van der Waals surface area (Å²) < 4.78 is 0. The minimum absolute atomic E-state index is 0.406. The number of aldehydes is 1. The number of alkyl halides is 4. The average molecular weight is 272 g/mol. The molecule has 5 heteroatoms. The van der Waals surface area contributed by atoms with E-state index >= 15 is 0 Å². The quantitative estimate of drug-likeness (QED) is 0.586. The molecule has 0 unspecified atom stereocenters. The first kappa shape index (κ1) is 12.1. The summed E-state index contributed by atoms with van der Waals surface area (Å²) in [7, 11) is 0. The second-order valence-corrected chi connectivity index (χ2v) is 4.76. The minimum atomic E-state index is -0.814. The van der Waals surface area contributed by atoms with Gasteiger partial charge in [0, 0.05) is 11.1 Å². The highest BCUT2D eigenvalue weighted by Crippen LogP contribution is 2.37. The van der Waals surface area contributed by atoms with E-state index in [1.165, 1.54) is 0 Å². The molecule has 0 saturated heterocycles. The van der Waals surface area contributed by atoms with Crippen molar-refractivity contribution in [2.24, 2.45) is 0 Å². The third-order valence-electron chi connectivity index (χ3n) is 1.75. The summed E-state index contributed by atoms with van der Waals surface area (Å²) in [5.41, 5.74) is 1.44. The van der Waals surface area contributed by atoms with Crippen LogP contribution >= 0.6 is 46.4 Å². The Morgan fingerprint density at radius 3 is 2.14 bits per heavy atom. The molecule has 0 bridgehead atoms. The molecule has 76 valence electrons. The van der Waals surface area contributed by atoms with Crippen LogP contribution in [0.1, 0.15) is 31.2 Å². The van der Waals surface area contributed by atoms with Gasteiger partial charge in [0.25, 0.3) is 0 Å². The average Bonchev–Trinajstić information content (AvgIpc) is 2.16. The first-order valence-electron chi connectivity index (χ1n) is 3.72. The van der Waals surface area contributed by atoms with Crippen LogP contribution in [0.15, 0.2) is 18.2 Å². The monoisotopic (exact) mass is 270 g/mol. The van der Waals surface area contributed by atoms with E-state index < -0.39 is 9.67 Å². The van der Waals surface area contributed by atoms with Crippen molar-refractivity contribution in [1.82, 2.24) is 0 Å². The highest BCUT2D eigenvalue weighted by atomic mass is 35.5. The van der Waals surface area contributed by atoms with Crippen molar-refractivity contribution in [3.63, 3.8) is 0 Å². The van der Waals surface area contributed by atoms with Gasteiger partial charge in [-0.15, -0.1) is 46.4 Å². The lowest BCUT2D eigenvalue weighted by Gasteiger charge is -2.12. The van der Waals surface area contributed by atoms with Gasteiger partial charge in [-0.1, -0.05) is 18.2 Å². The van der Waals surface area contributed by atoms with Crippen LogP contribution in [-0.4, -0.2) is 6.29 Å². The maximum absolute atomic E-state index is 10.7. The highest BCUT2D eigenvalue weighted by molar-refractivity contribution is 6.46. The Balaban J connectivity index is 3.35. The van der Waals surface area contributed by atoms with E-state index in [4.69, 9.17) is 46.4 Å². The van der Waals surface area contributed by atoms with Crippen LogP contribution in [0.25, 0.3) is 0 Å². The van der Waals surface area contributed by atoms with Gasteiger partial charge in [-0.2, -0.15) is 0 Å². The van der Waals surface area contributed by atoms with Crippen LogP contribution in [0, 0.1) is 0 Å². The first-order valence-corrected chi connectivity index (χ1v) is 5.46. The summed E-state index contributed by atoms with van der Waals surface area (Å²) in [5.74, 6) is 0. The summed E-state index contributed by atoms with van der Waals surface area (Å²) >= 11 is 22.9.